The maximum absolute atomic E-state index is 12.9. The first-order valence-electron chi connectivity index (χ1n) is 9.45. The fourth-order valence-corrected chi connectivity index (χ4v) is 3.59. The van der Waals surface area contributed by atoms with Gasteiger partial charge in [0.1, 0.15) is 23.2 Å². The number of allylic oxidation sites excluding steroid dienone is 2. The summed E-state index contributed by atoms with van der Waals surface area (Å²) >= 11 is 3.48. The number of hydrogen-bond acceptors (Lipinski definition) is 4. The molecule has 0 unspecified atom stereocenters. The minimum Gasteiger partial charge on any atom is -0.497 e. The van der Waals surface area contributed by atoms with Crippen LogP contribution in [0.3, 0.4) is 0 Å². The summed E-state index contributed by atoms with van der Waals surface area (Å²) in [6.07, 6.45) is 7.18. The Morgan fingerprint density at radius 2 is 2.00 bits per heavy atom. The minimum atomic E-state index is -0.641. The molecule has 0 fully saturated rings. The fourth-order valence-electron chi connectivity index (χ4n) is 3.21. The highest BCUT2D eigenvalue weighted by atomic mass is 79.9. The van der Waals surface area contributed by atoms with E-state index < -0.39 is 5.91 Å². The Labute approximate surface area is 188 Å². The van der Waals surface area contributed by atoms with Gasteiger partial charge in [0, 0.05) is 22.8 Å². The van der Waals surface area contributed by atoms with Crippen molar-refractivity contribution in [3.8, 4) is 11.8 Å². The lowest BCUT2D eigenvalue weighted by molar-refractivity contribution is -0.113. The van der Waals surface area contributed by atoms with Crippen molar-refractivity contribution < 1.29 is 9.53 Å². The first-order valence-corrected chi connectivity index (χ1v) is 10.2. The molecule has 0 saturated heterocycles. The smallest absolute Gasteiger partial charge is 0.289 e. The van der Waals surface area contributed by atoms with Crippen LogP contribution >= 0.6 is 15.9 Å². The number of benzene rings is 2. The van der Waals surface area contributed by atoms with E-state index in [9.17, 15) is 10.1 Å². The summed E-state index contributed by atoms with van der Waals surface area (Å²) in [5.41, 5.74) is 2.38. The molecule has 0 N–H and O–H groups in total. The summed E-state index contributed by atoms with van der Waals surface area (Å²) in [7, 11) is 1.58. The molecule has 2 aliphatic heterocycles. The first-order chi connectivity index (χ1) is 15.1. The van der Waals surface area contributed by atoms with Crippen LogP contribution in [-0.4, -0.2) is 29.6 Å². The van der Waals surface area contributed by atoms with Crippen LogP contribution in [-0.2, 0) is 11.3 Å². The Hall–Kier alpha value is -3.76. The molecule has 0 atom stereocenters. The second-order valence-corrected chi connectivity index (χ2v) is 7.70. The molecule has 4 rings (SSSR count). The molecule has 0 radical (unpaired) electrons. The zero-order chi connectivity index (χ0) is 21.8. The molecule has 31 heavy (non-hydrogen) atoms. The largest absolute Gasteiger partial charge is 0.497 e. The number of ether oxygens (including phenoxy) is 1. The number of amides is 1. The van der Waals surface area contributed by atoms with E-state index in [1.165, 1.54) is 6.08 Å². The Morgan fingerprint density at radius 3 is 2.74 bits per heavy atom. The van der Waals surface area contributed by atoms with Crippen molar-refractivity contribution in [2.45, 2.75) is 6.54 Å². The third kappa shape index (κ3) is 4.55. The van der Waals surface area contributed by atoms with Gasteiger partial charge in [-0.05, 0) is 57.4 Å². The molecule has 0 bridgehead atoms. The molecule has 2 aliphatic rings. The van der Waals surface area contributed by atoms with E-state index in [1.807, 2.05) is 53.6 Å². The van der Waals surface area contributed by atoms with Gasteiger partial charge < -0.3 is 9.64 Å². The molecule has 0 saturated carbocycles. The van der Waals surface area contributed by atoms with E-state index in [0.717, 1.165) is 15.6 Å². The average molecular weight is 473 g/mol. The topological polar surface area (TPSA) is 78.0 Å². The highest BCUT2D eigenvalue weighted by molar-refractivity contribution is 9.11. The summed E-state index contributed by atoms with van der Waals surface area (Å²) < 4.78 is 6.06. The summed E-state index contributed by atoms with van der Waals surface area (Å²) in [6, 6.07) is 16.7. The van der Waals surface area contributed by atoms with E-state index in [-0.39, 0.29) is 11.4 Å². The minimum absolute atomic E-state index is 0.0710. The lowest BCUT2D eigenvalue weighted by Gasteiger charge is -2.21. The molecule has 0 aromatic heterocycles. The van der Waals surface area contributed by atoms with Gasteiger partial charge in [0.15, 0.2) is 5.84 Å². The van der Waals surface area contributed by atoms with Gasteiger partial charge in [-0.15, -0.1) is 0 Å². The summed E-state index contributed by atoms with van der Waals surface area (Å²) in [5.74, 6) is 1.00. The second kappa shape index (κ2) is 8.94. The van der Waals surface area contributed by atoms with Crippen molar-refractivity contribution >= 4 is 39.6 Å². The molecule has 1 amide bonds. The van der Waals surface area contributed by atoms with Crippen LogP contribution in [0.4, 0.5) is 0 Å². The third-order valence-electron chi connectivity index (χ3n) is 4.77. The number of amidine groups is 2. The van der Waals surface area contributed by atoms with Gasteiger partial charge in [0.25, 0.3) is 5.91 Å². The van der Waals surface area contributed by atoms with Crippen LogP contribution in [0.2, 0.25) is 0 Å². The molecule has 6 nitrogen and oxygen atoms in total. The van der Waals surface area contributed by atoms with E-state index in [0.29, 0.717) is 23.7 Å². The number of methoxy groups -OCH3 is 1. The zero-order valence-corrected chi connectivity index (χ0v) is 18.2. The molecule has 2 heterocycles. The molecular weight excluding hydrogens is 456 g/mol. The van der Waals surface area contributed by atoms with Crippen LogP contribution < -0.4 is 4.74 Å². The highest BCUT2D eigenvalue weighted by Gasteiger charge is 2.22. The van der Waals surface area contributed by atoms with Gasteiger partial charge >= 0.3 is 0 Å². The Bertz CT molecular complexity index is 1230. The van der Waals surface area contributed by atoms with Crippen molar-refractivity contribution in [3.63, 3.8) is 0 Å². The lowest BCUT2D eigenvalue weighted by Crippen LogP contribution is -2.24. The monoisotopic (exact) mass is 472 g/mol. The summed E-state index contributed by atoms with van der Waals surface area (Å²) in [5, 5.41) is 9.55. The SMILES string of the molecule is COc1ccc(C=C(C#N)C(=O)N=C2N=C3C=CC(Br)=CN3Cc3ccccc32)cc1. The van der Waals surface area contributed by atoms with Gasteiger partial charge in [0.05, 0.1) is 7.11 Å². The highest BCUT2D eigenvalue weighted by Crippen LogP contribution is 2.24. The van der Waals surface area contributed by atoms with Crippen LogP contribution in [0.1, 0.15) is 16.7 Å². The number of nitriles is 1. The number of rotatable bonds is 3. The molecule has 0 aliphatic carbocycles. The van der Waals surface area contributed by atoms with Crippen molar-refractivity contribution in [2.24, 2.45) is 9.98 Å². The van der Waals surface area contributed by atoms with Crippen molar-refractivity contribution in [2.75, 3.05) is 7.11 Å². The van der Waals surface area contributed by atoms with Crippen LogP contribution in [0.5, 0.6) is 5.75 Å². The zero-order valence-electron chi connectivity index (χ0n) is 16.6. The second-order valence-electron chi connectivity index (χ2n) is 6.79. The van der Waals surface area contributed by atoms with Crippen LogP contribution in [0.25, 0.3) is 6.08 Å². The molecule has 152 valence electrons. The average Bonchev–Trinajstić information content (AvgIpc) is 2.94. The van der Waals surface area contributed by atoms with Crippen molar-refractivity contribution in [1.29, 1.82) is 5.26 Å². The predicted molar refractivity (Wildman–Crippen MR) is 124 cm³/mol. The number of hydrogen-bond donors (Lipinski definition) is 0. The maximum Gasteiger partial charge on any atom is 0.289 e. The van der Waals surface area contributed by atoms with Crippen LogP contribution in [0, 0.1) is 11.3 Å². The Balaban J connectivity index is 1.73. The van der Waals surface area contributed by atoms with E-state index in [4.69, 9.17) is 4.74 Å². The first kappa shape index (κ1) is 20.5. The van der Waals surface area contributed by atoms with E-state index >= 15 is 0 Å². The normalized spacial score (nSPS) is 16.5. The molecule has 2 aromatic rings. The molecule has 7 heteroatoms. The molecule has 2 aromatic carbocycles. The van der Waals surface area contributed by atoms with Gasteiger partial charge in [-0.1, -0.05) is 36.4 Å². The Morgan fingerprint density at radius 1 is 1.23 bits per heavy atom. The molecular formula is C24H17BrN4O2. The summed E-state index contributed by atoms with van der Waals surface area (Å²) in [6.45, 7) is 0.592. The number of nitrogens with zero attached hydrogens (tertiary/aromatic N) is 4. The quantitative estimate of drug-likeness (QED) is 0.483. The fraction of sp³-hybridized carbons (Fsp3) is 0.0833. The van der Waals surface area contributed by atoms with Gasteiger partial charge in [-0.2, -0.15) is 10.3 Å². The lowest BCUT2D eigenvalue weighted by atomic mass is 10.1. The van der Waals surface area contributed by atoms with E-state index in [1.54, 1.807) is 31.4 Å². The number of fused-ring (bicyclic) bond motifs is 2. The van der Waals surface area contributed by atoms with Gasteiger partial charge in [0.2, 0.25) is 0 Å². The predicted octanol–water partition coefficient (Wildman–Crippen LogP) is 4.60. The number of aliphatic imine (C=N–C) groups is 2. The molecule has 0 spiro atoms. The van der Waals surface area contributed by atoms with Crippen LogP contribution in [0.15, 0.2) is 86.9 Å². The summed E-state index contributed by atoms with van der Waals surface area (Å²) in [4.78, 5) is 23.7. The van der Waals surface area contributed by atoms with Crippen molar-refractivity contribution in [1.82, 2.24) is 4.90 Å². The standard InChI is InChI=1S/C24H17BrN4O2/c1-31-20-9-6-16(7-10-20)12-18(13-26)24(30)28-23-21-5-3-2-4-17(21)14-29-15-19(25)8-11-22(29)27-23/h2-12,15H,14H2,1H3. The third-order valence-corrected chi connectivity index (χ3v) is 5.24. The van der Waals surface area contributed by atoms with Gasteiger partial charge in [-0.3, -0.25) is 4.79 Å². The maximum atomic E-state index is 12.9. The van der Waals surface area contributed by atoms with Crippen molar-refractivity contribution in [3.05, 3.63) is 93.6 Å². The van der Waals surface area contributed by atoms with E-state index in [2.05, 4.69) is 25.9 Å². The van der Waals surface area contributed by atoms with Gasteiger partial charge in [-0.25, -0.2) is 4.99 Å². The number of halogens is 1. The Kier molecular flexibility index (Phi) is 5.92. The number of carbonyl (C=O) groups is 1. The number of carbonyl (C=O) groups excluding carboxylic acids is 1.